The first kappa shape index (κ1) is 35.5. The van der Waals surface area contributed by atoms with Crippen molar-refractivity contribution in [3.8, 4) is 0 Å². The summed E-state index contributed by atoms with van der Waals surface area (Å²) in [7, 11) is 0. The number of aliphatic hydroxyl groups excluding tert-OH is 1. The molecule has 0 atom stereocenters. The van der Waals surface area contributed by atoms with Gasteiger partial charge in [-0.15, -0.1) is 0 Å². The first-order valence-electron chi connectivity index (χ1n) is 1.02. The Morgan fingerprint density at radius 1 is 1.14 bits per heavy atom. The van der Waals surface area contributed by atoms with Crippen LogP contribution in [0.1, 0.15) is 6.92 Å². The molecule has 0 aliphatic carbocycles. The number of aliphatic hydroxyl groups is 1. The van der Waals surface area contributed by atoms with E-state index < -0.39 is 0 Å². The van der Waals surface area contributed by atoms with Crippen LogP contribution < -0.4 is 37.2 Å². The van der Waals surface area contributed by atoms with Crippen LogP contribution in [0.4, 0.5) is 0 Å². The van der Waals surface area contributed by atoms with E-state index in [1.165, 1.54) is 0 Å². The van der Waals surface area contributed by atoms with Crippen LogP contribution in [0.15, 0.2) is 0 Å². The summed E-state index contributed by atoms with van der Waals surface area (Å²) < 4.78 is 0. The van der Waals surface area contributed by atoms with Gasteiger partial charge in [0.05, 0.1) is 0 Å². The molecule has 0 aliphatic rings. The van der Waals surface area contributed by atoms with E-state index in [-0.39, 0.29) is 82.0 Å². The van der Waals surface area contributed by atoms with E-state index >= 15 is 0 Å². The van der Waals surface area contributed by atoms with Gasteiger partial charge in [-0.2, -0.15) is 0 Å². The molecule has 1 N–H and O–H groups in total. The summed E-state index contributed by atoms with van der Waals surface area (Å²) in [5, 5.41) is 7.57. The predicted octanol–water partition coefficient (Wildman–Crippen LogP) is -8.99. The van der Waals surface area contributed by atoms with Crippen LogP contribution in [0.5, 0.6) is 0 Å². The van der Waals surface area contributed by atoms with Crippen molar-refractivity contribution < 1.29 is 80.5 Å². The Morgan fingerprint density at radius 2 is 1.14 bits per heavy atom. The van der Waals surface area contributed by atoms with Gasteiger partial charge in [-0.25, -0.2) is 0 Å². The van der Waals surface area contributed by atoms with Crippen LogP contribution in [0.3, 0.4) is 0 Å². The SMILES string of the molecule is CCO.[Cl-].[Cl-].[Cl-].[Dy+3]. The second-order valence-electron chi connectivity index (χ2n) is 0.316. The van der Waals surface area contributed by atoms with Gasteiger partial charge in [-0.3, -0.25) is 0 Å². The molecule has 0 aromatic carbocycles. The molecule has 0 saturated carbocycles. The van der Waals surface area contributed by atoms with E-state index in [1.807, 2.05) is 0 Å². The van der Waals surface area contributed by atoms with Crippen LogP contribution in [0, 0.1) is 38.2 Å². The molecule has 0 aromatic rings. The Labute approximate surface area is 92.9 Å². The van der Waals surface area contributed by atoms with Gasteiger partial charge in [0.2, 0.25) is 0 Å². The molecule has 0 amide bonds. The van der Waals surface area contributed by atoms with Crippen molar-refractivity contribution in [2.75, 3.05) is 6.61 Å². The quantitative estimate of drug-likeness (QED) is 0.471. The Hall–Kier alpha value is 2.10. The van der Waals surface area contributed by atoms with Gasteiger partial charge < -0.3 is 42.3 Å². The Balaban J connectivity index is -0.00000000333. The van der Waals surface area contributed by atoms with Crippen molar-refractivity contribution in [2.45, 2.75) is 6.92 Å². The molecule has 0 bridgehead atoms. The average molecular weight is 315 g/mol. The number of hydrogen-bond donors (Lipinski definition) is 1. The fraction of sp³-hybridized carbons (Fsp3) is 1.00. The maximum atomic E-state index is 7.57. The van der Waals surface area contributed by atoms with Gasteiger partial charge in [0.1, 0.15) is 0 Å². The summed E-state index contributed by atoms with van der Waals surface area (Å²) in [4.78, 5) is 0. The van der Waals surface area contributed by atoms with Gasteiger partial charge in [0.15, 0.2) is 0 Å². The monoisotopic (exact) mass is 315 g/mol. The Morgan fingerprint density at radius 3 is 1.14 bits per heavy atom. The molecular formula is C2H6Cl3DyO. The first-order chi connectivity index (χ1) is 1.41. The van der Waals surface area contributed by atoms with E-state index in [4.69, 9.17) is 5.11 Å². The van der Waals surface area contributed by atoms with E-state index in [1.54, 1.807) is 6.92 Å². The minimum Gasteiger partial charge on any atom is -1.00 e. The molecule has 0 spiro atoms. The first-order valence-corrected chi connectivity index (χ1v) is 1.02. The number of rotatable bonds is 0. The Bertz CT molecular complexity index is 12.9. The maximum absolute atomic E-state index is 7.57. The van der Waals surface area contributed by atoms with Crippen LogP contribution >= 0.6 is 0 Å². The van der Waals surface area contributed by atoms with Crippen LogP contribution in [-0.4, -0.2) is 11.7 Å². The zero-order valence-corrected chi connectivity index (χ0v) is 7.90. The molecule has 0 aromatic heterocycles. The van der Waals surface area contributed by atoms with Gasteiger partial charge >= 0.3 is 38.2 Å². The third-order valence-electron chi connectivity index (χ3n) is 0. The summed E-state index contributed by atoms with van der Waals surface area (Å²) in [6.45, 7) is 1.93. The number of hydrogen-bond acceptors (Lipinski definition) is 1. The summed E-state index contributed by atoms with van der Waals surface area (Å²) in [5.74, 6) is 0. The van der Waals surface area contributed by atoms with E-state index in [0.29, 0.717) is 0 Å². The Kier molecular flexibility index (Phi) is 215. The largest absolute Gasteiger partial charge is 3.00 e. The van der Waals surface area contributed by atoms with Crippen LogP contribution in [0.2, 0.25) is 0 Å². The standard InChI is InChI=1S/C2H6O.3ClH.Dy/c1-2-3;;;;/h3H,2H2,1H3;3*1H;/q;;;;+3/p-3. The molecule has 7 heavy (non-hydrogen) atoms. The van der Waals surface area contributed by atoms with Crippen molar-refractivity contribution in [3.05, 3.63) is 0 Å². The maximum Gasteiger partial charge on any atom is 3.00 e. The fourth-order valence-electron chi connectivity index (χ4n) is 0. The molecule has 0 aliphatic heterocycles. The van der Waals surface area contributed by atoms with Crippen molar-refractivity contribution >= 4 is 0 Å². The molecule has 0 heterocycles. The van der Waals surface area contributed by atoms with Gasteiger partial charge in [-0.05, 0) is 6.92 Å². The molecule has 1 nitrogen and oxygen atoms in total. The molecule has 1 radical (unpaired) electrons. The summed E-state index contributed by atoms with van der Waals surface area (Å²) in [6, 6.07) is 0. The molecular weight excluding hydrogens is 309 g/mol. The minimum atomic E-state index is 0. The molecule has 0 fully saturated rings. The molecule has 5 heteroatoms. The summed E-state index contributed by atoms with van der Waals surface area (Å²) in [5.41, 5.74) is 0. The third kappa shape index (κ3) is 68.3. The van der Waals surface area contributed by atoms with E-state index in [9.17, 15) is 0 Å². The van der Waals surface area contributed by atoms with Crippen LogP contribution in [0.25, 0.3) is 0 Å². The zero-order valence-electron chi connectivity index (χ0n) is 3.60. The zero-order chi connectivity index (χ0) is 2.71. The average Bonchev–Trinajstić information content (AvgIpc) is 0.918. The summed E-state index contributed by atoms with van der Waals surface area (Å²) >= 11 is 0. The van der Waals surface area contributed by atoms with E-state index in [2.05, 4.69) is 0 Å². The van der Waals surface area contributed by atoms with Gasteiger partial charge in [0, 0.05) is 6.61 Å². The van der Waals surface area contributed by atoms with Crippen LogP contribution in [-0.2, 0) is 0 Å². The van der Waals surface area contributed by atoms with E-state index in [0.717, 1.165) is 0 Å². The summed E-state index contributed by atoms with van der Waals surface area (Å²) in [6.07, 6.45) is 0. The van der Waals surface area contributed by atoms with Crippen molar-refractivity contribution in [3.63, 3.8) is 0 Å². The smallest absolute Gasteiger partial charge is 1.00 e. The predicted molar refractivity (Wildman–Crippen MR) is 12.8 cm³/mol. The number of halogens is 3. The topological polar surface area (TPSA) is 20.2 Å². The molecule has 51 valence electrons. The van der Waals surface area contributed by atoms with Gasteiger partial charge in [0.25, 0.3) is 0 Å². The second-order valence-corrected chi connectivity index (χ2v) is 0.316. The normalized spacial score (nSPS) is 2.57. The van der Waals surface area contributed by atoms with Gasteiger partial charge in [-0.1, -0.05) is 0 Å². The molecule has 0 saturated heterocycles. The second kappa shape index (κ2) is 42.5. The molecule has 0 rings (SSSR count). The van der Waals surface area contributed by atoms with Crippen molar-refractivity contribution in [1.82, 2.24) is 0 Å². The fourth-order valence-corrected chi connectivity index (χ4v) is 0. The van der Waals surface area contributed by atoms with Crippen molar-refractivity contribution in [1.29, 1.82) is 0 Å². The molecule has 0 unspecified atom stereocenters. The third-order valence-corrected chi connectivity index (χ3v) is 0. The minimum absolute atomic E-state index is 0. The van der Waals surface area contributed by atoms with Crippen molar-refractivity contribution in [2.24, 2.45) is 0 Å².